The molecule has 1 aromatic carbocycles. The van der Waals surface area contributed by atoms with Crippen LogP contribution in [-0.2, 0) is 14.9 Å². The maximum Gasteiger partial charge on any atom is 0.331 e. The number of benzene rings is 1. The Hall–Kier alpha value is -1.94. The van der Waals surface area contributed by atoms with E-state index in [4.69, 9.17) is 9.94 Å². The topological polar surface area (TPSA) is 97.8 Å². The number of hydrogen-bond donors (Lipinski definition) is 2. The lowest BCUT2D eigenvalue weighted by molar-refractivity contribution is -0.991. The maximum atomic E-state index is 11.8. The van der Waals surface area contributed by atoms with E-state index in [2.05, 4.69) is 0 Å². The van der Waals surface area contributed by atoms with Gasteiger partial charge in [-0.3, -0.25) is 0 Å². The van der Waals surface area contributed by atoms with Crippen molar-refractivity contribution in [1.29, 1.82) is 5.26 Å². The van der Waals surface area contributed by atoms with E-state index in [9.17, 15) is 15.3 Å². The molecule has 2 atom stereocenters. The summed E-state index contributed by atoms with van der Waals surface area (Å²) in [6.45, 7) is 3.11. The van der Waals surface area contributed by atoms with Crippen molar-refractivity contribution in [3.63, 3.8) is 0 Å². The van der Waals surface area contributed by atoms with E-state index in [1.54, 1.807) is 13.0 Å². The van der Waals surface area contributed by atoms with E-state index in [0.717, 1.165) is 0 Å². The SMILES string of the molecule is CCOC(=O)C(C)(C#N)c1ccccc1[NH+]([O-])O. The number of hydrogen-bond acceptors (Lipinski definition) is 5. The van der Waals surface area contributed by atoms with Crippen LogP contribution < -0.4 is 5.23 Å². The standard InChI is InChI=1S/C12H14N2O4/c1-3-18-11(15)12(2,8-13)9-6-4-5-7-10(9)14(16)17/h4-7,14,16H,3H2,1-2H3. The first-order chi connectivity index (χ1) is 8.47. The lowest BCUT2D eigenvalue weighted by Crippen LogP contribution is -2.99. The number of nitriles is 1. The Morgan fingerprint density at radius 2 is 2.22 bits per heavy atom. The first kappa shape index (κ1) is 14.1. The van der Waals surface area contributed by atoms with Crippen molar-refractivity contribution in [2.45, 2.75) is 19.3 Å². The Labute approximate surface area is 105 Å². The van der Waals surface area contributed by atoms with Crippen molar-refractivity contribution in [2.24, 2.45) is 0 Å². The highest BCUT2D eigenvalue weighted by Crippen LogP contribution is 2.29. The van der Waals surface area contributed by atoms with Gasteiger partial charge in [0.05, 0.1) is 12.7 Å². The van der Waals surface area contributed by atoms with Gasteiger partial charge >= 0.3 is 5.97 Å². The molecule has 2 unspecified atom stereocenters. The summed E-state index contributed by atoms with van der Waals surface area (Å²) in [5.74, 6) is -0.749. The molecule has 1 aromatic rings. The van der Waals surface area contributed by atoms with Crippen molar-refractivity contribution in [3.8, 4) is 6.07 Å². The number of ether oxygens (including phenoxy) is 1. The van der Waals surface area contributed by atoms with Gasteiger partial charge in [0.1, 0.15) is 0 Å². The van der Waals surface area contributed by atoms with Gasteiger partial charge in [0.25, 0.3) is 0 Å². The molecule has 0 fully saturated rings. The molecule has 96 valence electrons. The van der Waals surface area contributed by atoms with E-state index < -0.39 is 16.6 Å². The van der Waals surface area contributed by atoms with Gasteiger partial charge < -0.3 is 9.94 Å². The summed E-state index contributed by atoms with van der Waals surface area (Å²) in [5, 5.41) is 28.2. The highest BCUT2D eigenvalue weighted by molar-refractivity contribution is 5.87. The van der Waals surface area contributed by atoms with Crippen LogP contribution in [0.2, 0.25) is 0 Å². The lowest BCUT2D eigenvalue weighted by atomic mass is 9.83. The zero-order chi connectivity index (χ0) is 13.8. The summed E-state index contributed by atoms with van der Waals surface area (Å²) in [5.41, 5.74) is -1.56. The first-order valence-electron chi connectivity index (χ1n) is 5.38. The van der Waals surface area contributed by atoms with Crippen LogP contribution in [0.1, 0.15) is 19.4 Å². The molecule has 0 radical (unpaired) electrons. The molecular formula is C12H14N2O4. The van der Waals surface area contributed by atoms with E-state index in [-0.39, 0.29) is 17.9 Å². The Morgan fingerprint density at radius 3 is 2.72 bits per heavy atom. The van der Waals surface area contributed by atoms with Crippen molar-refractivity contribution in [2.75, 3.05) is 6.61 Å². The lowest BCUT2D eigenvalue weighted by Gasteiger charge is -2.23. The monoisotopic (exact) mass is 250 g/mol. The van der Waals surface area contributed by atoms with Crippen LogP contribution in [0, 0.1) is 16.5 Å². The third-order valence-electron chi connectivity index (χ3n) is 2.60. The molecule has 0 saturated carbocycles. The predicted molar refractivity (Wildman–Crippen MR) is 61.8 cm³/mol. The quantitative estimate of drug-likeness (QED) is 0.596. The molecule has 6 heteroatoms. The van der Waals surface area contributed by atoms with E-state index in [1.165, 1.54) is 25.1 Å². The molecule has 0 aliphatic carbocycles. The molecular weight excluding hydrogens is 236 g/mol. The van der Waals surface area contributed by atoms with E-state index in [0.29, 0.717) is 0 Å². The second-order valence-electron chi connectivity index (χ2n) is 3.81. The molecule has 0 spiro atoms. The number of rotatable bonds is 4. The number of para-hydroxylation sites is 1. The fraction of sp³-hybridized carbons (Fsp3) is 0.333. The Bertz CT molecular complexity index is 481. The third-order valence-corrected chi connectivity index (χ3v) is 2.60. The number of nitrogens with one attached hydrogen (secondary N) is 1. The summed E-state index contributed by atoms with van der Waals surface area (Å²) in [6, 6.07) is 7.76. The Morgan fingerprint density at radius 1 is 1.61 bits per heavy atom. The van der Waals surface area contributed by atoms with Gasteiger partial charge in [-0.1, -0.05) is 18.2 Å². The van der Waals surface area contributed by atoms with Gasteiger partial charge in [-0.15, -0.1) is 0 Å². The number of nitrogens with zero attached hydrogens (tertiary/aromatic N) is 1. The summed E-state index contributed by atoms with van der Waals surface area (Å²) < 4.78 is 4.83. The molecule has 0 saturated heterocycles. The molecule has 1 rings (SSSR count). The maximum absolute atomic E-state index is 11.8. The molecule has 0 heterocycles. The molecule has 0 aliphatic heterocycles. The van der Waals surface area contributed by atoms with Gasteiger partial charge in [-0.2, -0.15) is 10.5 Å². The number of esters is 1. The Kier molecular flexibility index (Phi) is 4.39. The number of carbonyl (C=O) groups is 1. The first-order valence-corrected chi connectivity index (χ1v) is 5.38. The average molecular weight is 250 g/mol. The predicted octanol–water partition coefficient (Wildman–Crippen LogP) is 0.434. The van der Waals surface area contributed by atoms with Gasteiger partial charge in [0, 0.05) is 11.6 Å². The van der Waals surface area contributed by atoms with Crippen molar-refractivity contribution < 1.29 is 20.0 Å². The summed E-state index contributed by atoms with van der Waals surface area (Å²) in [4.78, 5) is 11.8. The summed E-state index contributed by atoms with van der Waals surface area (Å²) in [6.07, 6.45) is 0. The normalized spacial score (nSPS) is 15.3. The van der Waals surface area contributed by atoms with Crippen molar-refractivity contribution in [3.05, 3.63) is 35.0 Å². The van der Waals surface area contributed by atoms with E-state index in [1.807, 2.05) is 6.07 Å². The second-order valence-corrected chi connectivity index (χ2v) is 3.81. The molecule has 0 aliphatic rings. The minimum atomic E-state index is -1.62. The fourth-order valence-electron chi connectivity index (χ4n) is 1.60. The smallest absolute Gasteiger partial charge is 0.331 e. The van der Waals surface area contributed by atoms with Crippen molar-refractivity contribution >= 4 is 11.7 Å². The highest BCUT2D eigenvalue weighted by atomic mass is 16.8. The molecule has 6 nitrogen and oxygen atoms in total. The van der Waals surface area contributed by atoms with Crippen LogP contribution in [0.25, 0.3) is 0 Å². The van der Waals surface area contributed by atoms with E-state index >= 15 is 0 Å². The van der Waals surface area contributed by atoms with Crippen LogP contribution in [0.15, 0.2) is 24.3 Å². The van der Waals surface area contributed by atoms with Crippen molar-refractivity contribution in [1.82, 2.24) is 0 Å². The Balaban J connectivity index is 3.33. The average Bonchev–Trinajstić information content (AvgIpc) is 2.38. The van der Waals surface area contributed by atoms with Gasteiger partial charge in [0.15, 0.2) is 11.1 Å². The fourth-order valence-corrected chi connectivity index (χ4v) is 1.60. The zero-order valence-corrected chi connectivity index (χ0v) is 10.1. The van der Waals surface area contributed by atoms with Gasteiger partial charge in [-0.05, 0) is 13.8 Å². The van der Waals surface area contributed by atoms with Crippen LogP contribution in [-0.4, -0.2) is 17.8 Å². The summed E-state index contributed by atoms with van der Waals surface area (Å²) in [7, 11) is 0. The van der Waals surface area contributed by atoms with Gasteiger partial charge in [-0.25, -0.2) is 10.0 Å². The molecule has 0 amide bonds. The highest BCUT2D eigenvalue weighted by Gasteiger charge is 2.40. The van der Waals surface area contributed by atoms with Crippen LogP contribution in [0.4, 0.5) is 5.69 Å². The largest absolute Gasteiger partial charge is 0.595 e. The minimum absolute atomic E-state index is 0.0744. The summed E-state index contributed by atoms with van der Waals surface area (Å²) >= 11 is 0. The number of quaternary nitrogens is 1. The van der Waals surface area contributed by atoms with Crippen LogP contribution in [0.3, 0.4) is 0 Å². The molecule has 0 bridgehead atoms. The van der Waals surface area contributed by atoms with Crippen LogP contribution in [0.5, 0.6) is 0 Å². The molecule has 2 N–H and O–H groups in total. The zero-order valence-electron chi connectivity index (χ0n) is 10.1. The molecule has 18 heavy (non-hydrogen) atoms. The van der Waals surface area contributed by atoms with Gasteiger partial charge in [0.2, 0.25) is 0 Å². The molecule has 0 aromatic heterocycles. The van der Waals surface area contributed by atoms with Crippen LogP contribution >= 0.6 is 0 Å². The number of carbonyl (C=O) groups excluding carboxylic acids is 1. The second kappa shape index (κ2) is 5.60. The third kappa shape index (κ3) is 2.49. The minimum Gasteiger partial charge on any atom is -0.595 e.